The van der Waals surface area contributed by atoms with Crippen LogP contribution in [0.1, 0.15) is 17.9 Å². The van der Waals surface area contributed by atoms with Gasteiger partial charge in [0.1, 0.15) is 0 Å². The van der Waals surface area contributed by atoms with Crippen molar-refractivity contribution in [3.05, 3.63) is 35.9 Å². The van der Waals surface area contributed by atoms with Crippen LogP contribution in [-0.4, -0.2) is 63.7 Å². The van der Waals surface area contributed by atoms with Gasteiger partial charge in [-0.05, 0) is 46.2 Å². The lowest BCUT2D eigenvalue weighted by atomic mass is 9.98. The normalized spacial score (nSPS) is 12.7. The molecule has 1 aromatic rings. The highest BCUT2D eigenvalue weighted by Gasteiger charge is 2.22. The van der Waals surface area contributed by atoms with E-state index in [1.807, 2.05) is 30.3 Å². The summed E-state index contributed by atoms with van der Waals surface area (Å²) in [5, 5.41) is 0. The maximum Gasteiger partial charge on any atom is 0.314 e. The lowest BCUT2D eigenvalue weighted by molar-refractivity contribution is -0.142. The molecule has 0 fully saturated rings. The maximum atomic E-state index is 12.0. The molecule has 4 nitrogen and oxygen atoms in total. The topological polar surface area (TPSA) is 32.8 Å². The van der Waals surface area contributed by atoms with E-state index < -0.39 is 0 Å². The second-order valence-electron chi connectivity index (χ2n) is 5.41. The van der Waals surface area contributed by atoms with Crippen LogP contribution in [0.15, 0.2) is 30.3 Å². The van der Waals surface area contributed by atoms with Crippen molar-refractivity contribution in [2.24, 2.45) is 0 Å². The number of methoxy groups -OCH3 is 1. The van der Waals surface area contributed by atoms with E-state index in [1.54, 1.807) is 0 Å². The highest BCUT2D eigenvalue weighted by atomic mass is 16.5. The van der Waals surface area contributed by atoms with Gasteiger partial charge in [-0.2, -0.15) is 0 Å². The number of likely N-dealkylation sites (N-methyl/N-ethyl adjacent to an activating group) is 1. The zero-order valence-electron chi connectivity index (χ0n) is 13.0. The van der Waals surface area contributed by atoms with Crippen molar-refractivity contribution in [1.82, 2.24) is 9.80 Å². The third kappa shape index (κ3) is 5.72. The number of nitrogens with zero attached hydrogens (tertiary/aromatic N) is 2. The van der Waals surface area contributed by atoms with Crippen LogP contribution in [0.3, 0.4) is 0 Å². The molecule has 0 aromatic heterocycles. The fraction of sp³-hybridized carbons (Fsp3) is 0.562. The van der Waals surface area contributed by atoms with Crippen molar-refractivity contribution in [1.29, 1.82) is 0 Å². The van der Waals surface area contributed by atoms with Crippen LogP contribution in [0.25, 0.3) is 0 Å². The van der Waals surface area contributed by atoms with Crippen LogP contribution in [0.2, 0.25) is 0 Å². The molecule has 0 aliphatic heterocycles. The molecule has 0 heterocycles. The Balaban J connectivity index is 2.59. The minimum absolute atomic E-state index is 0.171. The van der Waals surface area contributed by atoms with Crippen LogP contribution >= 0.6 is 0 Å². The molecule has 112 valence electrons. The number of hydrogen-bond donors (Lipinski definition) is 0. The van der Waals surface area contributed by atoms with Crippen molar-refractivity contribution in [2.45, 2.75) is 12.3 Å². The van der Waals surface area contributed by atoms with E-state index in [0.29, 0.717) is 6.54 Å². The third-order valence-corrected chi connectivity index (χ3v) is 3.33. The van der Waals surface area contributed by atoms with E-state index in [4.69, 9.17) is 4.74 Å². The molecule has 0 aliphatic carbocycles. The smallest absolute Gasteiger partial charge is 0.314 e. The number of carbonyl (C=O) groups is 1. The molecule has 0 saturated heterocycles. The molecular formula is C16H26N2O2. The van der Waals surface area contributed by atoms with E-state index in [9.17, 15) is 4.79 Å². The summed E-state index contributed by atoms with van der Waals surface area (Å²) < 4.78 is 4.94. The second-order valence-corrected chi connectivity index (χ2v) is 5.41. The average molecular weight is 278 g/mol. The number of hydrogen-bond acceptors (Lipinski definition) is 4. The predicted octanol–water partition coefficient (Wildman–Crippen LogP) is 1.83. The molecule has 4 heteroatoms. The summed E-state index contributed by atoms with van der Waals surface area (Å²) in [5.74, 6) is -0.388. The first-order valence-electron chi connectivity index (χ1n) is 7.00. The molecule has 20 heavy (non-hydrogen) atoms. The van der Waals surface area contributed by atoms with Gasteiger partial charge in [-0.15, -0.1) is 0 Å². The Morgan fingerprint density at radius 2 is 1.80 bits per heavy atom. The first-order chi connectivity index (χ1) is 9.54. The molecule has 0 amide bonds. The van der Waals surface area contributed by atoms with Gasteiger partial charge in [0.2, 0.25) is 0 Å². The number of ether oxygens (including phenoxy) is 1. The summed E-state index contributed by atoms with van der Waals surface area (Å²) in [6, 6.07) is 9.83. The summed E-state index contributed by atoms with van der Waals surface area (Å²) in [4.78, 5) is 16.3. The molecule has 0 bridgehead atoms. The van der Waals surface area contributed by atoms with Gasteiger partial charge < -0.3 is 14.5 Å². The summed E-state index contributed by atoms with van der Waals surface area (Å²) >= 11 is 0. The predicted molar refractivity (Wildman–Crippen MR) is 81.9 cm³/mol. The molecule has 1 atom stereocenters. The van der Waals surface area contributed by atoms with E-state index in [2.05, 4.69) is 30.9 Å². The highest BCUT2D eigenvalue weighted by molar-refractivity contribution is 5.78. The second kappa shape index (κ2) is 8.72. The number of carbonyl (C=O) groups excluding carboxylic acids is 1. The van der Waals surface area contributed by atoms with Gasteiger partial charge >= 0.3 is 5.97 Å². The molecule has 0 N–H and O–H groups in total. The average Bonchev–Trinajstić information content (AvgIpc) is 2.44. The highest BCUT2D eigenvalue weighted by Crippen LogP contribution is 2.18. The van der Waals surface area contributed by atoms with Gasteiger partial charge in [0.25, 0.3) is 0 Å². The van der Waals surface area contributed by atoms with E-state index >= 15 is 0 Å². The van der Waals surface area contributed by atoms with Crippen LogP contribution in [0.5, 0.6) is 0 Å². The van der Waals surface area contributed by atoms with Gasteiger partial charge in [-0.1, -0.05) is 30.3 Å². The first-order valence-corrected chi connectivity index (χ1v) is 7.00. The van der Waals surface area contributed by atoms with E-state index in [0.717, 1.165) is 25.1 Å². The zero-order valence-corrected chi connectivity index (χ0v) is 13.0. The Bertz CT molecular complexity index is 393. The number of rotatable bonds is 8. The molecule has 0 saturated carbocycles. The number of benzene rings is 1. The standard InChI is InChI=1S/C16H26N2O2/c1-17(2)11-8-12-18(3)13-15(16(19)20-4)14-9-6-5-7-10-14/h5-7,9-10,15H,8,11-13H2,1-4H3. The minimum atomic E-state index is -0.217. The fourth-order valence-corrected chi connectivity index (χ4v) is 2.20. The Hall–Kier alpha value is -1.39. The summed E-state index contributed by atoms with van der Waals surface area (Å²) in [5.41, 5.74) is 1.01. The maximum absolute atomic E-state index is 12.0. The molecule has 0 spiro atoms. The molecule has 0 aliphatic rings. The van der Waals surface area contributed by atoms with Crippen molar-refractivity contribution in [3.8, 4) is 0 Å². The van der Waals surface area contributed by atoms with Gasteiger partial charge in [0.05, 0.1) is 13.0 Å². The third-order valence-electron chi connectivity index (χ3n) is 3.33. The molecule has 1 unspecified atom stereocenters. The van der Waals surface area contributed by atoms with Gasteiger partial charge in [0.15, 0.2) is 0 Å². The Labute approximate surface area is 122 Å². The van der Waals surface area contributed by atoms with Crippen molar-refractivity contribution < 1.29 is 9.53 Å². The summed E-state index contributed by atoms with van der Waals surface area (Å²) in [6.07, 6.45) is 1.09. The zero-order chi connectivity index (χ0) is 15.0. The molecular weight excluding hydrogens is 252 g/mol. The largest absolute Gasteiger partial charge is 0.469 e. The van der Waals surface area contributed by atoms with Gasteiger partial charge in [0, 0.05) is 6.54 Å². The monoisotopic (exact) mass is 278 g/mol. The quantitative estimate of drug-likeness (QED) is 0.679. The van der Waals surface area contributed by atoms with Gasteiger partial charge in [-0.25, -0.2) is 0 Å². The van der Waals surface area contributed by atoms with Gasteiger partial charge in [-0.3, -0.25) is 4.79 Å². The molecule has 1 aromatic carbocycles. The lowest BCUT2D eigenvalue weighted by Crippen LogP contribution is -2.31. The van der Waals surface area contributed by atoms with Crippen molar-refractivity contribution in [2.75, 3.05) is 47.9 Å². The summed E-state index contributed by atoms with van der Waals surface area (Å²) in [7, 11) is 7.64. The number of esters is 1. The minimum Gasteiger partial charge on any atom is -0.469 e. The Morgan fingerprint density at radius 1 is 1.15 bits per heavy atom. The van der Waals surface area contributed by atoms with Crippen molar-refractivity contribution >= 4 is 5.97 Å². The fourth-order valence-electron chi connectivity index (χ4n) is 2.20. The van der Waals surface area contributed by atoms with Crippen LogP contribution in [0, 0.1) is 0 Å². The Morgan fingerprint density at radius 3 is 2.35 bits per heavy atom. The van der Waals surface area contributed by atoms with E-state index in [1.165, 1.54) is 7.11 Å². The first kappa shape index (κ1) is 16.7. The lowest BCUT2D eigenvalue weighted by Gasteiger charge is -2.23. The molecule has 1 rings (SSSR count). The van der Waals surface area contributed by atoms with Crippen LogP contribution < -0.4 is 0 Å². The van der Waals surface area contributed by atoms with Crippen LogP contribution in [0.4, 0.5) is 0 Å². The van der Waals surface area contributed by atoms with Crippen LogP contribution in [-0.2, 0) is 9.53 Å². The Kier molecular flexibility index (Phi) is 7.26. The van der Waals surface area contributed by atoms with Crippen molar-refractivity contribution in [3.63, 3.8) is 0 Å². The molecule has 0 radical (unpaired) electrons. The van der Waals surface area contributed by atoms with E-state index in [-0.39, 0.29) is 11.9 Å². The SMILES string of the molecule is COC(=O)C(CN(C)CCCN(C)C)c1ccccc1. The summed E-state index contributed by atoms with van der Waals surface area (Å²) in [6.45, 7) is 2.71.